The zero-order chi connectivity index (χ0) is 17.1. The molecule has 0 spiro atoms. The Bertz CT molecular complexity index is 744. The quantitative estimate of drug-likeness (QED) is 0.934. The minimum absolute atomic E-state index is 0.0557. The molecule has 1 aromatic carbocycles. The number of fused-ring (bicyclic) bond motifs is 1. The molecule has 1 N–H and O–H groups in total. The van der Waals surface area contributed by atoms with Gasteiger partial charge in [-0.05, 0) is 44.7 Å². The summed E-state index contributed by atoms with van der Waals surface area (Å²) in [4.78, 5) is 23.6. The van der Waals surface area contributed by atoms with E-state index in [0.717, 1.165) is 31.5 Å². The van der Waals surface area contributed by atoms with Gasteiger partial charge >= 0.3 is 0 Å². The maximum atomic E-state index is 13.0. The Kier molecular flexibility index (Phi) is 4.79. The van der Waals surface area contributed by atoms with Crippen molar-refractivity contribution in [2.24, 2.45) is 0 Å². The summed E-state index contributed by atoms with van der Waals surface area (Å²) in [6.45, 7) is 6.76. The first-order valence-electron chi connectivity index (χ1n) is 8.60. The lowest BCUT2D eigenvalue weighted by atomic mass is 10.0. The van der Waals surface area contributed by atoms with E-state index in [2.05, 4.69) is 35.2 Å². The van der Waals surface area contributed by atoms with Gasteiger partial charge in [0, 0.05) is 24.3 Å². The van der Waals surface area contributed by atoms with Gasteiger partial charge in [-0.1, -0.05) is 25.1 Å². The summed E-state index contributed by atoms with van der Waals surface area (Å²) in [6.07, 6.45) is 2.99. The molecule has 0 bridgehead atoms. The van der Waals surface area contributed by atoms with Gasteiger partial charge in [-0.15, -0.1) is 0 Å². The van der Waals surface area contributed by atoms with Gasteiger partial charge in [0.25, 0.3) is 5.91 Å². The predicted molar refractivity (Wildman–Crippen MR) is 96.6 cm³/mol. The molecule has 1 amide bonds. The number of para-hydroxylation sites is 1. The number of nitrogens with one attached hydrogen (secondary N) is 1. The fourth-order valence-electron chi connectivity index (χ4n) is 2.99. The van der Waals surface area contributed by atoms with Gasteiger partial charge in [0.2, 0.25) is 0 Å². The van der Waals surface area contributed by atoms with E-state index in [4.69, 9.17) is 0 Å². The van der Waals surface area contributed by atoms with E-state index >= 15 is 0 Å². The number of rotatable bonds is 4. The normalized spacial score (nSPS) is 14.9. The van der Waals surface area contributed by atoms with Crippen LogP contribution in [-0.2, 0) is 6.42 Å². The van der Waals surface area contributed by atoms with Crippen LogP contribution in [0, 0.1) is 6.92 Å². The average Bonchev–Trinajstić information content (AvgIpc) is 2.60. The molecule has 2 aromatic rings. The number of benzene rings is 1. The first-order chi connectivity index (χ1) is 11.6. The third-order valence-corrected chi connectivity index (χ3v) is 4.42. The lowest BCUT2D eigenvalue weighted by Gasteiger charge is -2.29. The highest BCUT2D eigenvalue weighted by atomic mass is 16.2. The van der Waals surface area contributed by atoms with Crippen molar-refractivity contribution in [3.05, 3.63) is 47.4 Å². The van der Waals surface area contributed by atoms with Gasteiger partial charge in [-0.3, -0.25) is 4.79 Å². The molecule has 0 saturated heterocycles. The molecular weight excluding hydrogens is 300 g/mol. The lowest BCUT2D eigenvalue weighted by Crippen LogP contribution is -2.36. The average molecular weight is 324 g/mol. The van der Waals surface area contributed by atoms with Crippen molar-refractivity contribution >= 4 is 17.4 Å². The molecule has 1 aliphatic rings. The second-order valence-electron chi connectivity index (χ2n) is 6.33. The maximum absolute atomic E-state index is 13.0. The molecule has 5 heteroatoms. The van der Waals surface area contributed by atoms with Gasteiger partial charge in [0.05, 0.1) is 0 Å². The summed E-state index contributed by atoms with van der Waals surface area (Å²) in [6, 6.07) is 10.2. The van der Waals surface area contributed by atoms with Crippen molar-refractivity contribution in [3.63, 3.8) is 0 Å². The van der Waals surface area contributed by atoms with Crippen LogP contribution in [0.5, 0.6) is 0 Å². The molecule has 24 heavy (non-hydrogen) atoms. The van der Waals surface area contributed by atoms with Crippen LogP contribution < -0.4 is 10.2 Å². The summed E-state index contributed by atoms with van der Waals surface area (Å²) < 4.78 is 0. The molecule has 0 aliphatic carbocycles. The van der Waals surface area contributed by atoms with E-state index in [0.29, 0.717) is 23.4 Å². The molecule has 1 atom stereocenters. The molecular formula is C19H24N4O. The zero-order valence-corrected chi connectivity index (χ0v) is 14.5. The number of amides is 1. The Labute approximate surface area is 143 Å². The molecule has 1 aromatic heterocycles. The van der Waals surface area contributed by atoms with Crippen molar-refractivity contribution in [2.75, 3.05) is 16.8 Å². The highest BCUT2D eigenvalue weighted by Crippen LogP contribution is 2.28. The van der Waals surface area contributed by atoms with Crippen molar-refractivity contribution in [1.29, 1.82) is 0 Å². The van der Waals surface area contributed by atoms with Crippen LogP contribution in [0.2, 0.25) is 0 Å². The molecule has 1 aliphatic heterocycles. The second kappa shape index (κ2) is 6.99. The number of anilines is 2. The van der Waals surface area contributed by atoms with Crippen LogP contribution in [0.1, 0.15) is 48.6 Å². The number of carbonyl (C=O) groups excluding carboxylic acids is 1. The highest BCUT2D eigenvalue weighted by molar-refractivity contribution is 6.05. The standard InChI is InChI=1S/C19H24N4O/c1-4-13(2)20-18-12-16(21-14(3)22-18)19(24)23-11-7-9-15-8-5-6-10-17(15)23/h5-6,8,10,12-13H,4,7,9,11H2,1-3H3,(H,20,21,22). The van der Waals surface area contributed by atoms with E-state index in [9.17, 15) is 4.79 Å². The van der Waals surface area contributed by atoms with Gasteiger partial charge in [-0.2, -0.15) is 0 Å². The Morgan fingerprint density at radius 1 is 1.33 bits per heavy atom. The van der Waals surface area contributed by atoms with E-state index in [1.807, 2.05) is 30.0 Å². The predicted octanol–water partition coefficient (Wildman–Crippen LogP) is 3.59. The van der Waals surface area contributed by atoms with Gasteiger partial charge in [0.15, 0.2) is 0 Å². The summed E-state index contributed by atoms with van der Waals surface area (Å²) >= 11 is 0. The van der Waals surface area contributed by atoms with Crippen LogP contribution in [0.25, 0.3) is 0 Å². The van der Waals surface area contributed by atoms with Crippen molar-refractivity contribution in [2.45, 2.75) is 46.1 Å². The van der Waals surface area contributed by atoms with Crippen molar-refractivity contribution in [3.8, 4) is 0 Å². The number of hydrogen-bond donors (Lipinski definition) is 1. The monoisotopic (exact) mass is 324 g/mol. The molecule has 5 nitrogen and oxygen atoms in total. The Balaban J connectivity index is 1.91. The van der Waals surface area contributed by atoms with Crippen LogP contribution >= 0.6 is 0 Å². The van der Waals surface area contributed by atoms with E-state index in [1.54, 1.807) is 6.07 Å². The number of carbonyl (C=O) groups is 1. The summed E-state index contributed by atoms with van der Waals surface area (Å²) in [5.74, 6) is 1.27. The third-order valence-electron chi connectivity index (χ3n) is 4.42. The molecule has 3 rings (SSSR count). The SMILES string of the molecule is CCC(C)Nc1cc(C(=O)N2CCCc3ccccc32)nc(C)n1. The third kappa shape index (κ3) is 3.40. The van der Waals surface area contributed by atoms with Crippen molar-refractivity contribution in [1.82, 2.24) is 9.97 Å². The topological polar surface area (TPSA) is 58.1 Å². The smallest absolute Gasteiger partial charge is 0.277 e. The number of hydrogen-bond acceptors (Lipinski definition) is 4. The minimum Gasteiger partial charge on any atom is -0.368 e. The van der Waals surface area contributed by atoms with E-state index in [1.165, 1.54) is 5.56 Å². The van der Waals surface area contributed by atoms with E-state index < -0.39 is 0 Å². The van der Waals surface area contributed by atoms with Crippen molar-refractivity contribution < 1.29 is 4.79 Å². The van der Waals surface area contributed by atoms with Crippen LogP contribution in [0.4, 0.5) is 11.5 Å². The Morgan fingerprint density at radius 2 is 2.12 bits per heavy atom. The molecule has 2 heterocycles. The van der Waals surface area contributed by atoms with Crippen LogP contribution in [0.15, 0.2) is 30.3 Å². The summed E-state index contributed by atoms with van der Waals surface area (Å²) in [5.41, 5.74) is 2.67. The highest BCUT2D eigenvalue weighted by Gasteiger charge is 2.24. The molecule has 0 fully saturated rings. The van der Waals surface area contributed by atoms with Gasteiger partial charge < -0.3 is 10.2 Å². The van der Waals surface area contributed by atoms with Crippen LogP contribution in [-0.4, -0.2) is 28.5 Å². The molecule has 0 saturated carbocycles. The second-order valence-corrected chi connectivity index (χ2v) is 6.33. The van der Waals surface area contributed by atoms with E-state index in [-0.39, 0.29) is 5.91 Å². The fraction of sp³-hybridized carbons (Fsp3) is 0.421. The zero-order valence-electron chi connectivity index (χ0n) is 14.5. The Morgan fingerprint density at radius 3 is 2.92 bits per heavy atom. The maximum Gasteiger partial charge on any atom is 0.277 e. The Hall–Kier alpha value is -2.43. The lowest BCUT2D eigenvalue weighted by molar-refractivity contribution is 0.0980. The largest absolute Gasteiger partial charge is 0.368 e. The molecule has 1 unspecified atom stereocenters. The summed E-state index contributed by atoms with van der Waals surface area (Å²) in [5, 5.41) is 3.33. The van der Waals surface area contributed by atoms with Gasteiger partial charge in [-0.25, -0.2) is 9.97 Å². The summed E-state index contributed by atoms with van der Waals surface area (Å²) in [7, 11) is 0. The first kappa shape index (κ1) is 16.4. The number of nitrogens with zero attached hydrogens (tertiary/aromatic N) is 3. The first-order valence-corrected chi connectivity index (χ1v) is 8.60. The fourth-order valence-corrected chi connectivity index (χ4v) is 2.99. The molecule has 126 valence electrons. The number of aromatic nitrogens is 2. The van der Waals surface area contributed by atoms with Crippen LogP contribution in [0.3, 0.4) is 0 Å². The number of aryl methyl sites for hydroxylation is 2. The molecule has 0 radical (unpaired) electrons. The minimum atomic E-state index is -0.0557. The van der Waals surface area contributed by atoms with Gasteiger partial charge in [0.1, 0.15) is 17.3 Å².